The number of rotatable bonds is 2. The monoisotopic (exact) mass is 261 g/mol. The van der Waals surface area contributed by atoms with Crippen molar-refractivity contribution in [2.45, 2.75) is 6.92 Å². The van der Waals surface area contributed by atoms with E-state index in [0.717, 1.165) is 5.69 Å². The molecule has 6 nitrogen and oxygen atoms in total. The van der Waals surface area contributed by atoms with Crippen LogP contribution in [0, 0.1) is 6.92 Å². The van der Waals surface area contributed by atoms with Gasteiger partial charge in [-0.3, -0.25) is 0 Å². The summed E-state index contributed by atoms with van der Waals surface area (Å²) in [7, 11) is 1.82. The molecule has 6 heteroatoms. The van der Waals surface area contributed by atoms with Crippen LogP contribution in [-0.2, 0) is 7.05 Å². The van der Waals surface area contributed by atoms with E-state index in [4.69, 9.17) is 19.9 Å². The Kier molecular flexibility index (Phi) is 2.70. The van der Waals surface area contributed by atoms with Crippen LogP contribution in [0.1, 0.15) is 5.69 Å². The summed E-state index contributed by atoms with van der Waals surface area (Å²) in [5.41, 5.74) is 7.34. The Bertz CT molecular complexity index is 622. The van der Waals surface area contributed by atoms with Gasteiger partial charge < -0.3 is 19.9 Å². The van der Waals surface area contributed by atoms with E-state index >= 15 is 0 Å². The molecule has 0 fully saturated rings. The predicted molar refractivity (Wildman–Crippen MR) is 69.9 cm³/mol. The Morgan fingerprint density at radius 3 is 2.53 bits per heavy atom. The first kappa shape index (κ1) is 11.7. The number of aromatic nitrogens is 2. The first-order chi connectivity index (χ1) is 9.13. The van der Waals surface area contributed by atoms with Crippen molar-refractivity contribution in [3.05, 3.63) is 23.9 Å². The van der Waals surface area contributed by atoms with E-state index in [0.29, 0.717) is 42.0 Å². The Morgan fingerprint density at radius 1 is 1.21 bits per heavy atom. The molecule has 0 bridgehead atoms. The van der Waals surface area contributed by atoms with Gasteiger partial charge in [0.15, 0.2) is 17.2 Å². The van der Waals surface area contributed by atoms with Crippen LogP contribution >= 0.6 is 0 Å². The topological polar surface area (TPSA) is 71.5 Å². The fourth-order valence-electron chi connectivity index (χ4n) is 1.97. The molecule has 1 aliphatic rings. The van der Waals surface area contributed by atoms with E-state index in [9.17, 15) is 0 Å². The lowest BCUT2D eigenvalue weighted by Gasteiger charge is -2.20. The van der Waals surface area contributed by atoms with E-state index in [2.05, 4.69) is 5.10 Å². The van der Waals surface area contributed by atoms with Crippen molar-refractivity contribution in [3.8, 4) is 23.1 Å². The minimum Gasteiger partial charge on any atom is -0.486 e. The third kappa shape index (κ3) is 2.16. The fourth-order valence-corrected chi connectivity index (χ4v) is 1.97. The van der Waals surface area contributed by atoms with E-state index in [1.54, 1.807) is 16.8 Å². The van der Waals surface area contributed by atoms with Crippen LogP contribution in [0.5, 0.6) is 23.1 Å². The van der Waals surface area contributed by atoms with E-state index in [1.807, 2.05) is 20.0 Å². The van der Waals surface area contributed by atoms with E-state index in [-0.39, 0.29) is 0 Å². The third-order valence-corrected chi connectivity index (χ3v) is 2.85. The van der Waals surface area contributed by atoms with Gasteiger partial charge in [-0.2, -0.15) is 5.10 Å². The van der Waals surface area contributed by atoms with Crippen LogP contribution in [0.4, 0.5) is 5.69 Å². The van der Waals surface area contributed by atoms with Gasteiger partial charge in [0.25, 0.3) is 0 Å². The number of anilines is 1. The van der Waals surface area contributed by atoms with Gasteiger partial charge in [0.05, 0.1) is 11.4 Å². The van der Waals surface area contributed by atoms with Crippen molar-refractivity contribution < 1.29 is 14.2 Å². The highest BCUT2D eigenvalue weighted by atomic mass is 16.6. The van der Waals surface area contributed by atoms with Crippen molar-refractivity contribution in [1.82, 2.24) is 9.78 Å². The molecule has 2 heterocycles. The molecule has 0 atom stereocenters. The van der Waals surface area contributed by atoms with Gasteiger partial charge in [0.2, 0.25) is 5.88 Å². The number of hydrogen-bond donors (Lipinski definition) is 1. The molecule has 0 saturated carbocycles. The zero-order valence-corrected chi connectivity index (χ0v) is 10.8. The molecule has 1 aliphatic heterocycles. The van der Waals surface area contributed by atoms with E-state index in [1.165, 1.54) is 0 Å². The Balaban J connectivity index is 1.94. The van der Waals surface area contributed by atoms with Crippen LogP contribution in [0.25, 0.3) is 0 Å². The second kappa shape index (κ2) is 4.38. The summed E-state index contributed by atoms with van der Waals surface area (Å²) >= 11 is 0. The number of ether oxygens (including phenoxy) is 3. The predicted octanol–water partition coefficient (Wildman–Crippen LogP) is 1.87. The van der Waals surface area contributed by atoms with E-state index < -0.39 is 0 Å². The zero-order valence-electron chi connectivity index (χ0n) is 10.8. The molecule has 1 aromatic carbocycles. The summed E-state index contributed by atoms with van der Waals surface area (Å²) < 4.78 is 18.4. The minimum atomic E-state index is 0.503. The average Bonchev–Trinajstić information content (AvgIpc) is 2.69. The normalized spacial score (nSPS) is 13.4. The number of nitrogens with zero attached hydrogens (tertiary/aromatic N) is 2. The summed E-state index contributed by atoms with van der Waals surface area (Å²) in [5.74, 6) is 2.46. The molecule has 3 rings (SSSR count). The first-order valence-corrected chi connectivity index (χ1v) is 6.01. The third-order valence-electron chi connectivity index (χ3n) is 2.85. The van der Waals surface area contributed by atoms with Crippen molar-refractivity contribution >= 4 is 5.69 Å². The summed E-state index contributed by atoms with van der Waals surface area (Å²) in [4.78, 5) is 0. The van der Waals surface area contributed by atoms with Gasteiger partial charge in [0, 0.05) is 25.2 Å². The van der Waals surface area contributed by atoms with Crippen LogP contribution in [0.2, 0.25) is 0 Å². The number of nitrogens with two attached hydrogens (primary N) is 1. The molecule has 2 aromatic rings. The number of hydrogen-bond acceptors (Lipinski definition) is 5. The molecular weight excluding hydrogens is 246 g/mol. The molecule has 0 unspecified atom stereocenters. The maximum Gasteiger partial charge on any atom is 0.217 e. The van der Waals surface area contributed by atoms with Crippen molar-refractivity contribution in [2.75, 3.05) is 18.9 Å². The molecule has 19 heavy (non-hydrogen) atoms. The quantitative estimate of drug-likeness (QED) is 0.836. The van der Waals surface area contributed by atoms with Crippen LogP contribution in [0.3, 0.4) is 0 Å². The molecule has 0 aliphatic carbocycles. The zero-order chi connectivity index (χ0) is 13.4. The van der Waals surface area contributed by atoms with Gasteiger partial charge in [0.1, 0.15) is 13.2 Å². The summed E-state index contributed by atoms with van der Waals surface area (Å²) in [6, 6.07) is 5.30. The largest absolute Gasteiger partial charge is 0.486 e. The van der Waals surface area contributed by atoms with Gasteiger partial charge in [-0.15, -0.1) is 0 Å². The molecular formula is C13H15N3O3. The molecule has 0 amide bonds. The van der Waals surface area contributed by atoms with Gasteiger partial charge in [-0.05, 0) is 6.92 Å². The van der Waals surface area contributed by atoms with Gasteiger partial charge in [-0.25, -0.2) is 4.68 Å². The van der Waals surface area contributed by atoms with Crippen molar-refractivity contribution in [1.29, 1.82) is 0 Å². The van der Waals surface area contributed by atoms with Crippen LogP contribution < -0.4 is 19.9 Å². The number of fused-ring (bicyclic) bond motifs is 1. The SMILES string of the molecule is Cc1cc(Oc2cc3c(cc2N)OCCO3)n(C)n1. The Hall–Kier alpha value is -2.37. The lowest BCUT2D eigenvalue weighted by molar-refractivity contribution is 0.171. The number of aryl methyl sites for hydroxylation is 2. The van der Waals surface area contributed by atoms with Crippen LogP contribution in [0.15, 0.2) is 18.2 Å². The highest BCUT2D eigenvalue weighted by Crippen LogP contribution is 2.39. The standard InChI is InChI=1S/C13H15N3O3/c1-8-5-13(16(2)15-8)19-10-7-12-11(6-9(10)14)17-3-4-18-12/h5-7H,3-4,14H2,1-2H3. The number of nitrogen functional groups attached to an aromatic ring is 1. The van der Waals surface area contributed by atoms with Crippen molar-refractivity contribution in [3.63, 3.8) is 0 Å². The summed E-state index contributed by atoms with van der Waals surface area (Å²) in [5, 5.41) is 4.22. The van der Waals surface area contributed by atoms with Crippen molar-refractivity contribution in [2.24, 2.45) is 7.05 Å². The Labute approximate surface area is 110 Å². The second-order valence-corrected chi connectivity index (χ2v) is 4.38. The average molecular weight is 261 g/mol. The summed E-state index contributed by atoms with van der Waals surface area (Å²) in [6.45, 7) is 2.97. The molecule has 2 N–H and O–H groups in total. The molecule has 0 radical (unpaired) electrons. The Morgan fingerprint density at radius 2 is 1.89 bits per heavy atom. The lowest BCUT2D eigenvalue weighted by Crippen LogP contribution is -2.15. The number of benzene rings is 1. The lowest BCUT2D eigenvalue weighted by atomic mass is 10.2. The molecule has 100 valence electrons. The fraction of sp³-hybridized carbons (Fsp3) is 0.308. The highest BCUT2D eigenvalue weighted by Gasteiger charge is 2.16. The molecule has 0 spiro atoms. The maximum atomic E-state index is 5.96. The molecule has 1 aromatic heterocycles. The maximum absolute atomic E-state index is 5.96. The van der Waals surface area contributed by atoms with Gasteiger partial charge >= 0.3 is 0 Å². The molecule has 0 saturated heterocycles. The minimum absolute atomic E-state index is 0.503. The first-order valence-electron chi connectivity index (χ1n) is 6.01. The second-order valence-electron chi connectivity index (χ2n) is 4.38. The highest BCUT2D eigenvalue weighted by molar-refractivity contribution is 5.62. The smallest absolute Gasteiger partial charge is 0.217 e. The van der Waals surface area contributed by atoms with Crippen LogP contribution in [-0.4, -0.2) is 23.0 Å². The van der Waals surface area contributed by atoms with Gasteiger partial charge in [-0.1, -0.05) is 0 Å². The summed E-state index contributed by atoms with van der Waals surface area (Å²) in [6.07, 6.45) is 0.